The first kappa shape index (κ1) is 55.4. The monoisotopic (exact) mass is 861 g/mol. The molecule has 0 aromatic carbocycles. The minimum Gasteiger partial charge on any atom is -0.462 e. The standard InChI is InChI=1S/C46H86NO11P/c1-6-8-10-11-12-13-14-15-16-17-18-19-20-21-26-30-45(51)55-37-40(38-57-59(53,54)56-35-34-47(3,4)5)58-46(52)31-27-23-22-25-29-41-42(44(50)36-43(41)49)33-32-39(48)28-24-9-7-2/h22,25,32-33,39-44,48-50H,6-21,23-24,26-31,34-38H2,1-5H3/p+1/b25-22+,33-32+/t39-,40+,41+,42+,43-,44+/m0/s1. The topological polar surface area (TPSA) is 169 Å². The number of phosphoric ester groups is 1. The molecule has 1 rings (SSSR count). The summed E-state index contributed by atoms with van der Waals surface area (Å²) in [5.41, 5.74) is 0. The molecule has 0 saturated heterocycles. The number of ether oxygens (including phenoxy) is 2. The number of quaternary nitrogens is 1. The van der Waals surface area contributed by atoms with Gasteiger partial charge in [0.15, 0.2) is 6.10 Å². The number of likely N-dealkylation sites (N-methyl/N-ethyl adjacent to an activating group) is 1. The quantitative estimate of drug-likeness (QED) is 0.0153. The molecule has 0 aromatic heterocycles. The van der Waals surface area contributed by atoms with Crippen molar-refractivity contribution in [2.75, 3.05) is 47.5 Å². The lowest BCUT2D eigenvalue weighted by atomic mass is 9.89. The predicted octanol–water partition coefficient (Wildman–Crippen LogP) is 9.51. The summed E-state index contributed by atoms with van der Waals surface area (Å²) in [4.78, 5) is 35.6. The van der Waals surface area contributed by atoms with Gasteiger partial charge in [0, 0.05) is 25.2 Å². The Morgan fingerprint density at radius 3 is 1.88 bits per heavy atom. The summed E-state index contributed by atoms with van der Waals surface area (Å²) >= 11 is 0. The van der Waals surface area contributed by atoms with Gasteiger partial charge in [-0.15, -0.1) is 0 Å². The van der Waals surface area contributed by atoms with E-state index >= 15 is 0 Å². The van der Waals surface area contributed by atoms with Gasteiger partial charge in [-0.1, -0.05) is 147 Å². The van der Waals surface area contributed by atoms with Crippen LogP contribution in [0.4, 0.5) is 0 Å². The Morgan fingerprint density at radius 1 is 0.729 bits per heavy atom. The van der Waals surface area contributed by atoms with Gasteiger partial charge in [-0.2, -0.15) is 0 Å². The Hall–Kier alpha value is -1.63. The Labute approximate surface area is 358 Å². The maximum absolute atomic E-state index is 12.8. The smallest absolute Gasteiger partial charge is 0.462 e. The van der Waals surface area contributed by atoms with Gasteiger partial charge in [0.2, 0.25) is 0 Å². The predicted molar refractivity (Wildman–Crippen MR) is 236 cm³/mol. The summed E-state index contributed by atoms with van der Waals surface area (Å²) in [6, 6.07) is 0. The molecule has 1 unspecified atom stereocenters. The molecule has 1 aliphatic rings. The van der Waals surface area contributed by atoms with Gasteiger partial charge < -0.3 is 34.2 Å². The molecule has 0 spiro atoms. The molecule has 1 fully saturated rings. The number of esters is 2. The highest BCUT2D eigenvalue weighted by Gasteiger charge is 2.39. The third kappa shape index (κ3) is 31.0. The molecule has 13 heteroatoms. The number of aliphatic hydroxyl groups excluding tert-OH is 3. The molecular formula is C46H87NO11P+. The first-order valence-electron chi connectivity index (χ1n) is 23.3. The highest BCUT2D eigenvalue weighted by molar-refractivity contribution is 7.47. The number of allylic oxidation sites excluding steroid dienone is 2. The van der Waals surface area contributed by atoms with Crippen molar-refractivity contribution in [1.29, 1.82) is 0 Å². The first-order valence-corrected chi connectivity index (χ1v) is 24.8. The summed E-state index contributed by atoms with van der Waals surface area (Å²) in [5.74, 6) is -1.40. The molecule has 346 valence electrons. The molecule has 0 radical (unpaired) electrons. The van der Waals surface area contributed by atoms with Gasteiger partial charge in [0.05, 0.1) is 46.1 Å². The molecule has 0 amide bonds. The highest BCUT2D eigenvalue weighted by Crippen LogP contribution is 2.43. The lowest BCUT2D eigenvalue weighted by Gasteiger charge is -2.24. The number of hydrogen-bond acceptors (Lipinski definition) is 10. The molecule has 1 aliphatic carbocycles. The van der Waals surface area contributed by atoms with Gasteiger partial charge >= 0.3 is 19.8 Å². The first-order chi connectivity index (χ1) is 28.2. The van der Waals surface area contributed by atoms with Crippen molar-refractivity contribution in [3.05, 3.63) is 24.3 Å². The summed E-state index contributed by atoms with van der Waals surface area (Å²) < 4.78 is 34.3. The number of phosphoric acid groups is 1. The van der Waals surface area contributed by atoms with E-state index in [2.05, 4.69) is 13.8 Å². The van der Waals surface area contributed by atoms with E-state index in [1.165, 1.54) is 70.6 Å². The van der Waals surface area contributed by atoms with Gasteiger partial charge in [-0.25, -0.2) is 4.57 Å². The maximum Gasteiger partial charge on any atom is 0.472 e. The van der Waals surface area contributed by atoms with E-state index in [1.807, 2.05) is 39.4 Å². The normalized spacial score (nSPS) is 20.6. The minimum absolute atomic E-state index is 0.0105. The van der Waals surface area contributed by atoms with Crippen LogP contribution in [0.15, 0.2) is 24.3 Å². The third-order valence-electron chi connectivity index (χ3n) is 11.1. The number of unbranched alkanes of at least 4 members (excludes halogenated alkanes) is 17. The van der Waals surface area contributed by atoms with Crippen LogP contribution in [0.1, 0.15) is 174 Å². The zero-order valence-electron chi connectivity index (χ0n) is 37.8. The Bertz CT molecular complexity index is 1180. The van der Waals surface area contributed by atoms with E-state index in [0.717, 1.165) is 38.5 Å². The number of nitrogens with zero attached hydrogens (tertiary/aromatic N) is 1. The van der Waals surface area contributed by atoms with E-state index in [0.29, 0.717) is 49.6 Å². The van der Waals surface area contributed by atoms with Crippen molar-refractivity contribution in [3.63, 3.8) is 0 Å². The molecule has 7 atom stereocenters. The van der Waals surface area contributed by atoms with Crippen LogP contribution in [0.5, 0.6) is 0 Å². The van der Waals surface area contributed by atoms with Crippen LogP contribution in [-0.2, 0) is 32.7 Å². The van der Waals surface area contributed by atoms with E-state index in [4.69, 9.17) is 18.5 Å². The van der Waals surface area contributed by atoms with Crippen LogP contribution in [0.2, 0.25) is 0 Å². The molecule has 1 saturated carbocycles. The second-order valence-electron chi connectivity index (χ2n) is 17.8. The molecule has 59 heavy (non-hydrogen) atoms. The van der Waals surface area contributed by atoms with Gasteiger partial charge in [-0.05, 0) is 38.0 Å². The maximum atomic E-state index is 12.8. The van der Waals surface area contributed by atoms with Crippen molar-refractivity contribution >= 4 is 19.8 Å². The summed E-state index contributed by atoms with van der Waals surface area (Å²) in [6.07, 6.45) is 28.9. The van der Waals surface area contributed by atoms with E-state index in [9.17, 15) is 34.4 Å². The molecular weight excluding hydrogens is 773 g/mol. The highest BCUT2D eigenvalue weighted by atomic mass is 31.2. The van der Waals surface area contributed by atoms with Crippen LogP contribution in [0.25, 0.3) is 0 Å². The van der Waals surface area contributed by atoms with Crippen LogP contribution >= 0.6 is 7.82 Å². The number of rotatable bonds is 38. The lowest BCUT2D eigenvalue weighted by Crippen LogP contribution is -2.37. The molecule has 0 heterocycles. The number of hydrogen-bond donors (Lipinski definition) is 4. The van der Waals surface area contributed by atoms with Gasteiger partial charge in [0.1, 0.15) is 19.8 Å². The summed E-state index contributed by atoms with van der Waals surface area (Å²) in [7, 11) is 1.33. The lowest BCUT2D eigenvalue weighted by molar-refractivity contribution is -0.870. The third-order valence-corrected chi connectivity index (χ3v) is 12.0. The summed E-state index contributed by atoms with van der Waals surface area (Å²) in [6.45, 7) is 4.05. The van der Waals surface area contributed by atoms with Crippen molar-refractivity contribution in [1.82, 2.24) is 0 Å². The SMILES string of the molecule is CCCCCCCCCCCCCCCCCC(=O)OC[C@H](COP(=O)(O)OCC[N+](C)(C)C)OC(=O)CCC/C=C/C[C@@H]1[C@@H](/C=C/[C@@H](O)CCCCC)[C@H](O)C[C@@H]1O. The Morgan fingerprint density at radius 2 is 1.29 bits per heavy atom. The van der Waals surface area contributed by atoms with Crippen molar-refractivity contribution in [3.8, 4) is 0 Å². The average molecular weight is 861 g/mol. The van der Waals surface area contributed by atoms with Crippen molar-refractivity contribution in [2.45, 2.75) is 199 Å². The molecule has 4 N–H and O–H groups in total. The molecule has 12 nitrogen and oxygen atoms in total. The second kappa shape index (κ2) is 33.9. The fraction of sp³-hybridized carbons (Fsp3) is 0.870. The van der Waals surface area contributed by atoms with E-state index in [1.54, 1.807) is 6.08 Å². The fourth-order valence-corrected chi connectivity index (χ4v) is 8.04. The van der Waals surface area contributed by atoms with Gasteiger partial charge in [0.25, 0.3) is 0 Å². The number of carbonyl (C=O) groups is 2. The molecule has 0 bridgehead atoms. The molecule has 0 aromatic rings. The van der Waals surface area contributed by atoms with Crippen LogP contribution in [0.3, 0.4) is 0 Å². The van der Waals surface area contributed by atoms with Gasteiger partial charge in [-0.3, -0.25) is 18.6 Å². The van der Waals surface area contributed by atoms with Crippen LogP contribution in [0, 0.1) is 11.8 Å². The zero-order valence-corrected chi connectivity index (χ0v) is 38.7. The van der Waals surface area contributed by atoms with Crippen molar-refractivity contribution in [2.24, 2.45) is 11.8 Å². The van der Waals surface area contributed by atoms with Crippen molar-refractivity contribution < 1.29 is 57.4 Å². The van der Waals surface area contributed by atoms with E-state index < -0.39 is 50.8 Å². The minimum atomic E-state index is -4.44. The fourth-order valence-electron chi connectivity index (χ4n) is 7.30. The largest absolute Gasteiger partial charge is 0.472 e. The number of carbonyl (C=O) groups excluding carboxylic acids is 2. The number of aliphatic hydroxyl groups is 3. The van der Waals surface area contributed by atoms with Crippen LogP contribution < -0.4 is 0 Å². The average Bonchev–Trinajstić information content (AvgIpc) is 3.44. The Balaban J connectivity index is 2.49. The van der Waals surface area contributed by atoms with Crippen LogP contribution in [-0.4, -0.2) is 109 Å². The van der Waals surface area contributed by atoms with E-state index in [-0.39, 0.29) is 37.9 Å². The summed E-state index contributed by atoms with van der Waals surface area (Å²) in [5, 5.41) is 31.4. The second-order valence-corrected chi connectivity index (χ2v) is 19.2. The Kier molecular flexibility index (Phi) is 31.9. The zero-order chi connectivity index (χ0) is 43.8. The molecule has 0 aliphatic heterocycles.